The molecule has 0 saturated heterocycles. The van der Waals surface area contributed by atoms with E-state index in [9.17, 15) is 5.11 Å². The van der Waals surface area contributed by atoms with Crippen molar-refractivity contribution in [3.05, 3.63) is 0 Å². The predicted octanol–water partition coefficient (Wildman–Crippen LogP) is 1.34. The Hall–Kier alpha value is -0.120. The van der Waals surface area contributed by atoms with E-state index in [1.165, 1.54) is 0 Å². The fourth-order valence-electron chi connectivity index (χ4n) is 2.03. The Morgan fingerprint density at radius 2 is 2.00 bits per heavy atom. The molecule has 1 aliphatic carbocycles. The fourth-order valence-corrected chi connectivity index (χ4v) is 2.03. The number of ether oxygens (including phenoxy) is 2. The van der Waals surface area contributed by atoms with Gasteiger partial charge < -0.3 is 14.6 Å². The Labute approximate surface area is 80.0 Å². The van der Waals surface area contributed by atoms with Crippen LogP contribution in [0.5, 0.6) is 0 Å². The van der Waals surface area contributed by atoms with Gasteiger partial charge in [0.05, 0.1) is 12.2 Å². The lowest BCUT2D eigenvalue weighted by molar-refractivity contribution is -0.122. The van der Waals surface area contributed by atoms with Crippen molar-refractivity contribution in [2.75, 3.05) is 20.3 Å². The van der Waals surface area contributed by atoms with E-state index in [1.807, 2.05) is 6.92 Å². The van der Waals surface area contributed by atoms with Crippen molar-refractivity contribution in [3.63, 3.8) is 0 Å². The molecule has 0 heterocycles. The van der Waals surface area contributed by atoms with Gasteiger partial charge in [0.1, 0.15) is 6.10 Å². The van der Waals surface area contributed by atoms with E-state index < -0.39 is 6.10 Å². The van der Waals surface area contributed by atoms with E-state index in [2.05, 4.69) is 0 Å². The summed E-state index contributed by atoms with van der Waals surface area (Å²) < 4.78 is 10.6. The summed E-state index contributed by atoms with van der Waals surface area (Å²) >= 11 is 0. The molecule has 3 heteroatoms. The van der Waals surface area contributed by atoms with E-state index in [0.717, 1.165) is 25.7 Å². The minimum atomic E-state index is -0.472. The lowest BCUT2D eigenvalue weighted by Gasteiger charge is -2.32. The Morgan fingerprint density at radius 1 is 1.38 bits per heavy atom. The third kappa shape index (κ3) is 2.42. The third-order valence-corrected chi connectivity index (χ3v) is 2.94. The van der Waals surface area contributed by atoms with Gasteiger partial charge >= 0.3 is 0 Å². The van der Waals surface area contributed by atoms with Crippen LogP contribution in [0.2, 0.25) is 0 Å². The Kier molecular flexibility index (Phi) is 4.16. The van der Waals surface area contributed by atoms with E-state index in [1.54, 1.807) is 7.11 Å². The van der Waals surface area contributed by atoms with Crippen molar-refractivity contribution in [2.45, 2.75) is 44.3 Å². The molecule has 1 N–H and O–H groups in total. The highest BCUT2D eigenvalue weighted by molar-refractivity contribution is 4.92. The lowest BCUT2D eigenvalue weighted by Crippen LogP contribution is -2.44. The molecule has 1 atom stereocenters. The van der Waals surface area contributed by atoms with Gasteiger partial charge in [0.15, 0.2) is 0 Å². The van der Waals surface area contributed by atoms with Crippen LogP contribution in [0.1, 0.15) is 32.6 Å². The molecule has 0 aromatic heterocycles. The highest BCUT2D eigenvalue weighted by atomic mass is 16.5. The summed E-state index contributed by atoms with van der Waals surface area (Å²) in [5.74, 6) is 0. The summed E-state index contributed by atoms with van der Waals surface area (Å²) in [4.78, 5) is 0. The highest BCUT2D eigenvalue weighted by Crippen LogP contribution is 2.35. The molecule has 13 heavy (non-hydrogen) atoms. The Morgan fingerprint density at radius 3 is 2.46 bits per heavy atom. The second-order valence-corrected chi connectivity index (χ2v) is 3.65. The fraction of sp³-hybridized carbons (Fsp3) is 1.00. The zero-order valence-electron chi connectivity index (χ0n) is 8.58. The van der Waals surface area contributed by atoms with Gasteiger partial charge in [0.2, 0.25) is 0 Å². The summed E-state index contributed by atoms with van der Waals surface area (Å²) in [7, 11) is 1.68. The van der Waals surface area contributed by atoms with Gasteiger partial charge in [-0.3, -0.25) is 0 Å². The molecule has 1 unspecified atom stereocenters. The van der Waals surface area contributed by atoms with Crippen LogP contribution in [0.4, 0.5) is 0 Å². The minimum Gasteiger partial charge on any atom is -0.388 e. The summed E-state index contributed by atoms with van der Waals surface area (Å²) in [6.07, 6.45) is 3.74. The average molecular weight is 188 g/mol. The second kappa shape index (κ2) is 4.94. The molecule has 78 valence electrons. The zero-order valence-corrected chi connectivity index (χ0v) is 8.58. The quantitative estimate of drug-likeness (QED) is 0.707. The van der Waals surface area contributed by atoms with Gasteiger partial charge in [0, 0.05) is 13.7 Å². The largest absolute Gasteiger partial charge is 0.388 e. The molecule has 0 spiro atoms. The van der Waals surface area contributed by atoms with Gasteiger partial charge in [-0.25, -0.2) is 0 Å². The second-order valence-electron chi connectivity index (χ2n) is 3.65. The molecule has 0 radical (unpaired) electrons. The Balaban J connectivity index is 2.44. The van der Waals surface area contributed by atoms with Crippen molar-refractivity contribution in [1.29, 1.82) is 0 Å². The van der Waals surface area contributed by atoms with Gasteiger partial charge in [-0.2, -0.15) is 0 Å². The maximum Gasteiger partial charge on any atom is 0.106 e. The van der Waals surface area contributed by atoms with Crippen LogP contribution in [0.15, 0.2) is 0 Å². The Bertz CT molecular complexity index is 141. The molecule has 0 aromatic rings. The maximum atomic E-state index is 9.88. The number of methoxy groups -OCH3 is 1. The van der Waals surface area contributed by atoms with Crippen LogP contribution in [0.25, 0.3) is 0 Å². The summed E-state index contributed by atoms with van der Waals surface area (Å²) in [5.41, 5.74) is -0.324. The zero-order chi connectivity index (χ0) is 9.73. The molecule has 0 aromatic carbocycles. The van der Waals surface area contributed by atoms with Crippen LogP contribution in [-0.4, -0.2) is 37.1 Å². The highest BCUT2D eigenvalue weighted by Gasteiger charge is 2.40. The number of hydrogen-bond donors (Lipinski definition) is 1. The van der Waals surface area contributed by atoms with Crippen molar-refractivity contribution in [2.24, 2.45) is 0 Å². The molecule has 0 aliphatic heterocycles. The maximum absolute atomic E-state index is 9.88. The van der Waals surface area contributed by atoms with Crippen molar-refractivity contribution in [3.8, 4) is 0 Å². The molecule has 0 bridgehead atoms. The SMILES string of the molecule is CCOCC(O)C1(OC)CCCC1. The molecule has 1 fully saturated rings. The van der Waals surface area contributed by atoms with Gasteiger partial charge in [-0.1, -0.05) is 12.8 Å². The first-order valence-electron chi connectivity index (χ1n) is 5.06. The van der Waals surface area contributed by atoms with Crippen molar-refractivity contribution in [1.82, 2.24) is 0 Å². The minimum absolute atomic E-state index is 0.324. The summed E-state index contributed by atoms with van der Waals surface area (Å²) in [6.45, 7) is 2.97. The normalized spacial score (nSPS) is 23.3. The number of aliphatic hydroxyl groups is 1. The van der Waals surface area contributed by atoms with E-state index in [0.29, 0.717) is 13.2 Å². The predicted molar refractivity (Wildman–Crippen MR) is 50.7 cm³/mol. The van der Waals surface area contributed by atoms with E-state index >= 15 is 0 Å². The van der Waals surface area contributed by atoms with Crippen molar-refractivity contribution >= 4 is 0 Å². The molecule has 1 rings (SSSR count). The molecule has 0 amide bonds. The summed E-state index contributed by atoms with van der Waals surface area (Å²) in [5, 5.41) is 9.88. The van der Waals surface area contributed by atoms with Gasteiger partial charge in [0.25, 0.3) is 0 Å². The average Bonchev–Trinajstić information content (AvgIpc) is 2.63. The van der Waals surface area contributed by atoms with Gasteiger partial charge in [-0.15, -0.1) is 0 Å². The first kappa shape index (κ1) is 11.0. The molecule has 3 nitrogen and oxygen atoms in total. The standard InChI is InChI=1S/C10H20O3/c1-3-13-8-9(11)10(12-2)6-4-5-7-10/h9,11H,3-8H2,1-2H3. The number of rotatable bonds is 5. The monoisotopic (exact) mass is 188 g/mol. The van der Waals surface area contributed by atoms with Crippen molar-refractivity contribution < 1.29 is 14.6 Å². The van der Waals surface area contributed by atoms with E-state index in [-0.39, 0.29) is 5.60 Å². The van der Waals surface area contributed by atoms with Crippen LogP contribution in [-0.2, 0) is 9.47 Å². The van der Waals surface area contributed by atoms with Crippen LogP contribution in [0.3, 0.4) is 0 Å². The van der Waals surface area contributed by atoms with Crippen LogP contribution in [0, 0.1) is 0 Å². The topological polar surface area (TPSA) is 38.7 Å². The number of aliphatic hydroxyl groups excluding tert-OH is 1. The van der Waals surface area contributed by atoms with Crippen LogP contribution >= 0.6 is 0 Å². The molecule has 1 saturated carbocycles. The molecule has 1 aliphatic rings. The van der Waals surface area contributed by atoms with Crippen LogP contribution < -0.4 is 0 Å². The third-order valence-electron chi connectivity index (χ3n) is 2.94. The first-order chi connectivity index (χ1) is 6.25. The van der Waals surface area contributed by atoms with E-state index in [4.69, 9.17) is 9.47 Å². The van der Waals surface area contributed by atoms with Gasteiger partial charge in [-0.05, 0) is 19.8 Å². The first-order valence-corrected chi connectivity index (χ1v) is 5.06. The smallest absolute Gasteiger partial charge is 0.106 e. The number of hydrogen-bond acceptors (Lipinski definition) is 3. The lowest BCUT2D eigenvalue weighted by atomic mass is 9.95. The molecular formula is C10H20O3. The summed E-state index contributed by atoms with van der Waals surface area (Å²) in [6, 6.07) is 0. The molecular weight excluding hydrogens is 168 g/mol.